The fourth-order valence-corrected chi connectivity index (χ4v) is 0.469. The first-order chi connectivity index (χ1) is 4.88. The van der Waals surface area contributed by atoms with Crippen LogP contribution >= 0.6 is 11.6 Å². The lowest BCUT2D eigenvalue weighted by atomic mass is 10.4. The van der Waals surface area contributed by atoms with Gasteiger partial charge in [0.1, 0.15) is 5.70 Å². The van der Waals surface area contributed by atoms with Crippen LogP contribution in [0.25, 0.3) is 0 Å². The zero-order valence-electron chi connectivity index (χ0n) is 5.45. The van der Waals surface area contributed by atoms with Crippen molar-refractivity contribution >= 4 is 18.3 Å². The fraction of sp³-hybridized carbons (Fsp3) is 0.167. The molecule has 0 amide bonds. The molecular weight excluding hydrogens is 179 g/mol. The number of alkyl halides is 3. The van der Waals surface area contributed by atoms with Gasteiger partial charge in [0.05, 0.1) is 0 Å². The summed E-state index contributed by atoms with van der Waals surface area (Å²) in [6.07, 6.45) is -3.91. The highest BCUT2D eigenvalue weighted by molar-refractivity contribution is 6.30. The van der Waals surface area contributed by atoms with Gasteiger partial charge in [0.25, 0.3) is 0 Å². The lowest BCUT2D eigenvalue weighted by Gasteiger charge is -2.04. The summed E-state index contributed by atoms with van der Waals surface area (Å²) in [5.74, 6) is 0. The molecule has 0 aromatic carbocycles. The number of hydrogen-bond acceptors (Lipinski definition) is 1. The highest BCUT2D eigenvalue weighted by Crippen LogP contribution is 2.27. The molecule has 0 saturated heterocycles. The molecule has 11 heavy (non-hydrogen) atoms. The van der Waals surface area contributed by atoms with Gasteiger partial charge in [0, 0.05) is 5.03 Å². The largest absolute Gasteiger partial charge is 0.433 e. The van der Waals surface area contributed by atoms with Gasteiger partial charge in [-0.3, -0.25) is 4.99 Å². The molecule has 1 nitrogen and oxygen atoms in total. The van der Waals surface area contributed by atoms with Crippen molar-refractivity contribution in [3.05, 3.63) is 23.4 Å². The SMILES string of the molecule is C=N/C(=C\C(=C)Cl)C(F)(F)F. The minimum atomic E-state index is -4.51. The van der Waals surface area contributed by atoms with E-state index in [2.05, 4.69) is 18.3 Å². The molecule has 0 heterocycles. The summed E-state index contributed by atoms with van der Waals surface area (Å²) in [6.45, 7) is 5.80. The van der Waals surface area contributed by atoms with Crippen molar-refractivity contribution in [2.45, 2.75) is 6.18 Å². The van der Waals surface area contributed by atoms with Crippen molar-refractivity contribution in [3.8, 4) is 0 Å². The molecule has 0 aromatic rings. The number of aliphatic imine (C=N–C) groups is 1. The Balaban J connectivity index is 4.68. The molecule has 0 bridgehead atoms. The van der Waals surface area contributed by atoms with Gasteiger partial charge < -0.3 is 0 Å². The first-order valence-corrected chi connectivity index (χ1v) is 2.85. The maximum absolute atomic E-state index is 11.8. The van der Waals surface area contributed by atoms with Crippen molar-refractivity contribution in [1.29, 1.82) is 0 Å². The van der Waals surface area contributed by atoms with Gasteiger partial charge in [0.15, 0.2) is 0 Å². The molecule has 0 radical (unpaired) electrons. The lowest BCUT2D eigenvalue weighted by Crippen LogP contribution is -2.09. The average Bonchev–Trinajstić information content (AvgIpc) is 1.79. The van der Waals surface area contributed by atoms with Gasteiger partial charge >= 0.3 is 6.18 Å². The van der Waals surface area contributed by atoms with Gasteiger partial charge in [-0.05, 0) is 12.8 Å². The first kappa shape index (κ1) is 10.2. The third-order valence-corrected chi connectivity index (χ3v) is 0.863. The van der Waals surface area contributed by atoms with Crippen LogP contribution in [0.5, 0.6) is 0 Å². The monoisotopic (exact) mass is 183 g/mol. The molecule has 0 atom stereocenters. The third-order valence-electron chi connectivity index (χ3n) is 0.754. The number of hydrogen-bond donors (Lipinski definition) is 0. The summed E-state index contributed by atoms with van der Waals surface area (Å²) in [5, 5.41) is -0.232. The van der Waals surface area contributed by atoms with E-state index in [0.717, 1.165) is 0 Å². The van der Waals surface area contributed by atoms with E-state index in [-0.39, 0.29) is 5.03 Å². The zero-order chi connectivity index (χ0) is 9.07. The number of halogens is 4. The van der Waals surface area contributed by atoms with E-state index in [1.165, 1.54) is 0 Å². The Morgan fingerprint density at radius 2 is 1.91 bits per heavy atom. The van der Waals surface area contributed by atoms with Crippen LogP contribution in [0.4, 0.5) is 13.2 Å². The Hall–Kier alpha value is -0.770. The maximum atomic E-state index is 11.8. The van der Waals surface area contributed by atoms with Gasteiger partial charge in [-0.15, -0.1) is 0 Å². The molecule has 0 unspecified atom stereocenters. The first-order valence-electron chi connectivity index (χ1n) is 2.48. The molecule has 62 valence electrons. The number of nitrogens with zero attached hydrogens (tertiary/aromatic N) is 1. The Labute approximate surface area is 66.9 Å². The predicted octanol–water partition coefficient (Wildman–Crippen LogP) is 2.89. The summed E-state index contributed by atoms with van der Waals surface area (Å²) >= 11 is 5.10. The minimum absolute atomic E-state index is 0.232. The molecule has 0 aromatic heterocycles. The van der Waals surface area contributed by atoms with E-state index in [0.29, 0.717) is 6.08 Å². The smallest absolute Gasteiger partial charge is 0.260 e. The molecule has 0 spiro atoms. The van der Waals surface area contributed by atoms with Crippen molar-refractivity contribution in [2.75, 3.05) is 0 Å². The number of allylic oxidation sites excluding steroid dienone is 3. The zero-order valence-corrected chi connectivity index (χ0v) is 6.21. The summed E-state index contributed by atoms with van der Waals surface area (Å²) < 4.78 is 35.3. The van der Waals surface area contributed by atoms with Crippen LogP contribution in [0.15, 0.2) is 28.4 Å². The summed E-state index contributed by atoms with van der Waals surface area (Å²) in [4.78, 5) is 2.74. The Morgan fingerprint density at radius 1 is 1.45 bits per heavy atom. The fourth-order valence-electron chi connectivity index (χ4n) is 0.365. The van der Waals surface area contributed by atoms with E-state index in [9.17, 15) is 13.2 Å². The van der Waals surface area contributed by atoms with Crippen molar-refractivity contribution in [1.82, 2.24) is 0 Å². The van der Waals surface area contributed by atoms with E-state index in [1.54, 1.807) is 0 Å². The van der Waals surface area contributed by atoms with E-state index < -0.39 is 11.9 Å². The van der Waals surface area contributed by atoms with Crippen LogP contribution in [-0.4, -0.2) is 12.9 Å². The molecule has 0 aliphatic rings. The summed E-state index contributed by atoms with van der Waals surface area (Å²) in [5.41, 5.74) is -1.14. The second-order valence-electron chi connectivity index (χ2n) is 1.63. The van der Waals surface area contributed by atoms with Gasteiger partial charge in [-0.2, -0.15) is 13.2 Å². The molecule has 0 rings (SSSR count). The Morgan fingerprint density at radius 3 is 2.00 bits per heavy atom. The van der Waals surface area contributed by atoms with Gasteiger partial charge in [0.2, 0.25) is 0 Å². The maximum Gasteiger partial charge on any atom is 0.433 e. The molecule has 0 N–H and O–H groups in total. The second-order valence-corrected chi connectivity index (χ2v) is 2.12. The van der Waals surface area contributed by atoms with Crippen LogP contribution in [0.2, 0.25) is 0 Å². The predicted molar refractivity (Wildman–Crippen MR) is 38.7 cm³/mol. The molecule has 0 aliphatic heterocycles. The van der Waals surface area contributed by atoms with Gasteiger partial charge in [-0.25, -0.2) is 0 Å². The molecule has 0 fully saturated rings. The lowest BCUT2D eigenvalue weighted by molar-refractivity contribution is -0.0922. The van der Waals surface area contributed by atoms with Crippen molar-refractivity contribution < 1.29 is 13.2 Å². The highest BCUT2D eigenvalue weighted by Gasteiger charge is 2.33. The topological polar surface area (TPSA) is 12.4 Å². The molecule has 0 saturated carbocycles. The average molecular weight is 184 g/mol. The normalized spacial score (nSPS) is 12.9. The number of rotatable bonds is 2. The summed E-state index contributed by atoms with van der Waals surface area (Å²) in [7, 11) is 0. The Bertz CT molecular complexity index is 204. The van der Waals surface area contributed by atoms with E-state index >= 15 is 0 Å². The molecule has 5 heteroatoms. The van der Waals surface area contributed by atoms with Gasteiger partial charge in [-0.1, -0.05) is 18.2 Å². The second kappa shape index (κ2) is 3.57. The van der Waals surface area contributed by atoms with Crippen LogP contribution in [0.1, 0.15) is 0 Å². The van der Waals surface area contributed by atoms with E-state index in [1.807, 2.05) is 0 Å². The van der Waals surface area contributed by atoms with Crippen LogP contribution in [-0.2, 0) is 0 Å². The molecule has 0 aliphatic carbocycles. The Kier molecular flexibility index (Phi) is 3.32. The van der Waals surface area contributed by atoms with Crippen molar-refractivity contribution in [2.24, 2.45) is 4.99 Å². The van der Waals surface area contributed by atoms with Crippen molar-refractivity contribution in [3.63, 3.8) is 0 Å². The van der Waals surface area contributed by atoms with Crippen LogP contribution < -0.4 is 0 Å². The standard InChI is InChI=1S/C6H5ClF3N/c1-4(7)3-5(11-2)6(8,9)10/h3H,1-2H2/b5-3-. The summed E-state index contributed by atoms with van der Waals surface area (Å²) in [6, 6.07) is 0. The quantitative estimate of drug-likeness (QED) is 0.461. The minimum Gasteiger partial charge on any atom is -0.260 e. The van der Waals surface area contributed by atoms with E-state index in [4.69, 9.17) is 11.6 Å². The third kappa shape index (κ3) is 3.83. The highest BCUT2D eigenvalue weighted by atomic mass is 35.5. The van der Waals surface area contributed by atoms with Crippen LogP contribution in [0, 0.1) is 0 Å². The molecular formula is C6H5ClF3N. The van der Waals surface area contributed by atoms with Crippen LogP contribution in [0.3, 0.4) is 0 Å².